The number of aromatic nitrogens is 1. The first-order valence-electron chi connectivity index (χ1n) is 9.39. The molecular weight excluding hydrogens is 412 g/mol. The highest BCUT2D eigenvalue weighted by Gasteiger charge is 2.41. The van der Waals surface area contributed by atoms with Crippen molar-refractivity contribution in [3.8, 4) is 11.3 Å². The third-order valence-electron chi connectivity index (χ3n) is 5.79. The van der Waals surface area contributed by atoms with Crippen LogP contribution in [0.2, 0.25) is 0 Å². The molecule has 4 aromatic rings. The lowest BCUT2D eigenvalue weighted by Gasteiger charge is -2.31. The highest BCUT2D eigenvalue weighted by molar-refractivity contribution is 9.10. The molecule has 4 heteroatoms. The maximum atomic E-state index is 13.6. The van der Waals surface area contributed by atoms with E-state index in [0.717, 1.165) is 43.4 Å². The Morgan fingerprint density at radius 2 is 1.75 bits per heavy atom. The zero-order valence-electron chi connectivity index (χ0n) is 15.6. The normalized spacial score (nSPS) is 18.6. The number of carbonyl (C=O) groups excluding carboxylic acids is 1. The average Bonchev–Trinajstić information content (AvgIpc) is 3.02. The van der Waals surface area contributed by atoms with Gasteiger partial charge < -0.3 is 4.98 Å². The Morgan fingerprint density at radius 1 is 1.00 bits per heavy atom. The number of amides is 1. The molecule has 0 spiro atoms. The van der Waals surface area contributed by atoms with Gasteiger partial charge in [-0.15, -0.1) is 0 Å². The van der Waals surface area contributed by atoms with Crippen LogP contribution in [-0.4, -0.2) is 17.9 Å². The Balaban J connectivity index is 1.75. The molecule has 0 fully saturated rings. The highest BCUT2D eigenvalue weighted by atomic mass is 79.9. The Hall–Kier alpha value is -2.69. The van der Waals surface area contributed by atoms with Crippen LogP contribution in [0.5, 0.6) is 0 Å². The first kappa shape index (κ1) is 17.4. The van der Waals surface area contributed by atoms with Crippen molar-refractivity contribution >= 4 is 38.4 Å². The topological polar surface area (TPSA) is 32.9 Å². The third-order valence-corrected chi connectivity index (χ3v) is 6.29. The maximum absolute atomic E-state index is 13.6. The summed E-state index contributed by atoms with van der Waals surface area (Å²) in [4.78, 5) is 17.2. The number of benzene rings is 3. The van der Waals surface area contributed by atoms with Crippen molar-refractivity contribution in [2.45, 2.75) is 13.0 Å². The van der Waals surface area contributed by atoms with Crippen molar-refractivity contribution in [2.24, 2.45) is 0 Å². The first-order valence-corrected chi connectivity index (χ1v) is 10.2. The lowest BCUT2D eigenvalue weighted by Crippen LogP contribution is -2.50. The van der Waals surface area contributed by atoms with Gasteiger partial charge in [0.1, 0.15) is 12.2 Å². The zero-order chi connectivity index (χ0) is 19.3. The first-order chi connectivity index (χ1) is 13.6. The van der Waals surface area contributed by atoms with E-state index in [2.05, 4.69) is 57.3 Å². The number of H-pyrrole nitrogens is 1. The summed E-state index contributed by atoms with van der Waals surface area (Å²) in [6, 6.07) is 24.7. The predicted octanol–water partition coefficient (Wildman–Crippen LogP) is 5.82. The summed E-state index contributed by atoms with van der Waals surface area (Å²) < 4.78 is 1.28. The fourth-order valence-electron chi connectivity index (χ4n) is 4.33. The summed E-state index contributed by atoms with van der Waals surface area (Å²) in [6.07, 6.45) is 0.407. The molecule has 0 aliphatic carbocycles. The van der Waals surface area contributed by atoms with Crippen molar-refractivity contribution in [1.29, 1.82) is 0 Å². The molecule has 138 valence electrons. The SMILES string of the molecule is C[N+]1(Cc2ccccc2)C(=O)Cc2c([nH]c3ccc(Br)cc23)-c2ccccc21. The van der Waals surface area contributed by atoms with Crippen molar-refractivity contribution in [3.63, 3.8) is 0 Å². The van der Waals surface area contributed by atoms with E-state index in [1.807, 2.05) is 43.4 Å². The monoisotopic (exact) mass is 431 g/mol. The van der Waals surface area contributed by atoms with Crippen LogP contribution in [0.1, 0.15) is 11.1 Å². The molecule has 0 saturated heterocycles. The molecule has 1 amide bonds. The van der Waals surface area contributed by atoms with Gasteiger partial charge in [0, 0.05) is 27.0 Å². The Morgan fingerprint density at radius 3 is 2.57 bits per heavy atom. The number of aromatic amines is 1. The van der Waals surface area contributed by atoms with Crippen molar-refractivity contribution in [1.82, 2.24) is 9.47 Å². The van der Waals surface area contributed by atoms with E-state index in [-0.39, 0.29) is 10.4 Å². The molecule has 0 bridgehead atoms. The minimum Gasteiger partial charge on any atom is -0.354 e. The molecule has 3 nitrogen and oxygen atoms in total. The van der Waals surface area contributed by atoms with Gasteiger partial charge in [0.25, 0.3) is 0 Å². The van der Waals surface area contributed by atoms with Gasteiger partial charge in [-0.05, 0) is 29.8 Å². The molecule has 0 radical (unpaired) electrons. The van der Waals surface area contributed by atoms with Crippen molar-refractivity contribution in [3.05, 3.63) is 88.4 Å². The van der Waals surface area contributed by atoms with Crippen LogP contribution in [-0.2, 0) is 17.8 Å². The Kier molecular flexibility index (Phi) is 4.00. The number of likely N-dealkylation sites (N-methyl/N-ethyl adjacent to an activating group) is 1. The smallest absolute Gasteiger partial charge is 0.323 e. The number of hydrogen-bond acceptors (Lipinski definition) is 1. The zero-order valence-corrected chi connectivity index (χ0v) is 17.2. The van der Waals surface area contributed by atoms with Crippen LogP contribution >= 0.6 is 15.9 Å². The van der Waals surface area contributed by atoms with E-state index in [4.69, 9.17) is 0 Å². The van der Waals surface area contributed by atoms with Gasteiger partial charge in [0.05, 0.1) is 24.7 Å². The molecule has 5 rings (SSSR count). The number of nitrogens with zero attached hydrogens (tertiary/aromatic N) is 1. The van der Waals surface area contributed by atoms with Crippen LogP contribution in [0, 0.1) is 0 Å². The van der Waals surface area contributed by atoms with Gasteiger partial charge in [0.2, 0.25) is 0 Å². The summed E-state index contributed by atoms with van der Waals surface area (Å²) in [5, 5.41) is 1.11. The quantitative estimate of drug-likeness (QED) is 0.398. The highest BCUT2D eigenvalue weighted by Crippen LogP contribution is 2.43. The molecule has 1 atom stereocenters. The molecule has 1 aromatic heterocycles. The number of fused-ring (bicyclic) bond motifs is 5. The number of carbonyl (C=O) groups is 1. The molecule has 2 heterocycles. The van der Waals surface area contributed by atoms with Crippen LogP contribution in [0.3, 0.4) is 0 Å². The van der Waals surface area contributed by atoms with E-state index in [0.29, 0.717) is 13.0 Å². The Bertz CT molecular complexity index is 1210. The van der Waals surface area contributed by atoms with Crippen LogP contribution < -0.4 is 4.48 Å². The maximum Gasteiger partial charge on any atom is 0.323 e. The molecule has 3 aromatic carbocycles. The summed E-state index contributed by atoms with van der Waals surface area (Å²) in [5.74, 6) is 0.205. The molecule has 1 aliphatic heterocycles. The second kappa shape index (κ2) is 6.43. The number of hydrogen-bond donors (Lipinski definition) is 1. The number of nitrogens with one attached hydrogen (secondary N) is 1. The molecule has 0 saturated carbocycles. The van der Waals surface area contributed by atoms with Gasteiger partial charge >= 0.3 is 5.91 Å². The second-order valence-electron chi connectivity index (χ2n) is 7.59. The average molecular weight is 432 g/mol. The third kappa shape index (κ3) is 2.64. The van der Waals surface area contributed by atoms with E-state index in [9.17, 15) is 4.79 Å². The lowest BCUT2D eigenvalue weighted by atomic mass is 10.0. The molecule has 28 heavy (non-hydrogen) atoms. The molecule has 1 aliphatic rings. The summed E-state index contributed by atoms with van der Waals surface area (Å²) in [7, 11) is 2.04. The number of halogens is 1. The number of para-hydroxylation sites is 1. The molecular formula is C24H20BrN2O+. The fourth-order valence-corrected chi connectivity index (χ4v) is 4.69. The van der Waals surface area contributed by atoms with Gasteiger partial charge in [-0.2, -0.15) is 0 Å². The lowest BCUT2D eigenvalue weighted by molar-refractivity contribution is -0.128. The summed E-state index contributed by atoms with van der Waals surface area (Å²) in [5.41, 5.74) is 6.52. The van der Waals surface area contributed by atoms with Crippen LogP contribution in [0.15, 0.2) is 77.3 Å². The molecule has 1 unspecified atom stereocenters. The second-order valence-corrected chi connectivity index (χ2v) is 8.51. The van der Waals surface area contributed by atoms with Gasteiger partial charge in [-0.1, -0.05) is 58.4 Å². The fraction of sp³-hybridized carbons (Fsp3) is 0.125. The van der Waals surface area contributed by atoms with Gasteiger partial charge in [-0.3, -0.25) is 0 Å². The predicted molar refractivity (Wildman–Crippen MR) is 118 cm³/mol. The minimum absolute atomic E-state index is 0.205. The van der Waals surface area contributed by atoms with Gasteiger partial charge in [-0.25, -0.2) is 9.28 Å². The van der Waals surface area contributed by atoms with Crippen molar-refractivity contribution < 1.29 is 4.79 Å². The minimum atomic E-state index is 0.205. The standard InChI is InChI=1S/C24H20BrN2O/c1-27(15-16-7-3-2-4-8-16)22-10-6-5-9-18(22)24-20(14-23(27)28)19-13-17(25)11-12-21(19)26-24/h2-13,26H,14-15H2,1H3/q+1. The van der Waals surface area contributed by atoms with Crippen molar-refractivity contribution in [2.75, 3.05) is 7.05 Å². The van der Waals surface area contributed by atoms with E-state index < -0.39 is 0 Å². The van der Waals surface area contributed by atoms with E-state index in [1.165, 1.54) is 0 Å². The summed E-state index contributed by atoms with van der Waals surface area (Å²) in [6.45, 7) is 0.641. The van der Waals surface area contributed by atoms with E-state index in [1.54, 1.807) is 0 Å². The van der Waals surface area contributed by atoms with Crippen LogP contribution in [0.25, 0.3) is 22.2 Å². The largest absolute Gasteiger partial charge is 0.354 e. The number of rotatable bonds is 2. The van der Waals surface area contributed by atoms with Crippen LogP contribution in [0.4, 0.5) is 5.69 Å². The Labute approximate surface area is 172 Å². The summed E-state index contributed by atoms with van der Waals surface area (Å²) >= 11 is 3.58. The molecule has 1 N–H and O–H groups in total. The van der Waals surface area contributed by atoms with Gasteiger partial charge in [0.15, 0.2) is 0 Å². The van der Waals surface area contributed by atoms with E-state index >= 15 is 0 Å². The number of quaternary nitrogens is 1.